The van der Waals surface area contributed by atoms with Gasteiger partial charge in [-0.3, -0.25) is 4.90 Å². The van der Waals surface area contributed by atoms with Crippen LogP contribution in [0.1, 0.15) is 36.2 Å². The highest BCUT2D eigenvalue weighted by molar-refractivity contribution is 6.19. The minimum absolute atomic E-state index is 0.120. The summed E-state index contributed by atoms with van der Waals surface area (Å²) in [5.41, 5.74) is -0.804. The lowest BCUT2D eigenvalue weighted by Gasteiger charge is -2.40. The van der Waals surface area contributed by atoms with Crippen molar-refractivity contribution in [3.05, 3.63) is 53.6 Å². The number of alkyl halides is 1. The third-order valence-electron chi connectivity index (χ3n) is 5.42. The molecule has 0 saturated carbocycles. The fourth-order valence-corrected chi connectivity index (χ4v) is 3.60. The molecular formula is C24H30ClNO7. The molecule has 33 heavy (non-hydrogen) atoms. The molecule has 2 aromatic rings. The first kappa shape index (κ1) is 26.1. The number of hydrogen-bond acceptors (Lipinski definition) is 7. The van der Waals surface area contributed by atoms with E-state index in [0.717, 1.165) is 5.56 Å². The second-order valence-electron chi connectivity index (χ2n) is 7.23. The Kier molecular flexibility index (Phi) is 9.22. The number of carbonyl (C=O) groups excluding carboxylic acids is 2. The second kappa shape index (κ2) is 11.7. The average Bonchev–Trinajstić information content (AvgIpc) is 2.83. The van der Waals surface area contributed by atoms with E-state index < -0.39 is 23.2 Å². The number of carbonyl (C=O) groups is 2. The van der Waals surface area contributed by atoms with E-state index >= 15 is 0 Å². The van der Waals surface area contributed by atoms with E-state index in [0.29, 0.717) is 23.7 Å². The van der Waals surface area contributed by atoms with Gasteiger partial charge in [-0.2, -0.15) is 0 Å². The third kappa shape index (κ3) is 5.82. The molecule has 0 spiro atoms. The molecule has 0 aromatic heterocycles. The van der Waals surface area contributed by atoms with E-state index in [2.05, 4.69) is 0 Å². The largest absolute Gasteiger partial charge is 0.493 e. The van der Waals surface area contributed by atoms with Crippen molar-refractivity contribution in [2.45, 2.75) is 31.4 Å². The Labute approximate surface area is 199 Å². The average molecular weight is 480 g/mol. The molecule has 8 nitrogen and oxygen atoms in total. The third-order valence-corrected chi connectivity index (χ3v) is 5.51. The summed E-state index contributed by atoms with van der Waals surface area (Å²) in [6, 6.07) is 12.3. The van der Waals surface area contributed by atoms with Gasteiger partial charge in [0.1, 0.15) is 12.1 Å². The summed E-state index contributed by atoms with van der Waals surface area (Å²) in [5, 5.41) is 0. The Balaban J connectivity index is 2.40. The summed E-state index contributed by atoms with van der Waals surface area (Å²) in [7, 11) is 5.99. The van der Waals surface area contributed by atoms with Gasteiger partial charge in [-0.15, -0.1) is 0 Å². The molecule has 0 saturated heterocycles. The van der Waals surface area contributed by atoms with E-state index in [9.17, 15) is 9.59 Å². The van der Waals surface area contributed by atoms with Gasteiger partial charge in [0.25, 0.3) is 0 Å². The van der Waals surface area contributed by atoms with E-state index in [1.165, 1.54) is 38.4 Å². The normalized spacial score (nSPS) is 13.3. The predicted octanol–water partition coefficient (Wildman–Crippen LogP) is 4.83. The molecule has 2 unspecified atom stereocenters. The van der Waals surface area contributed by atoms with E-state index in [-0.39, 0.29) is 12.2 Å². The SMILES string of the molecule is CCC(COC(=O)c1cc(OC)c(OC)c(OC)c1)(c1ccccc1)N(C)C(=O)OC(C)Cl. The van der Waals surface area contributed by atoms with Crippen LogP contribution in [-0.2, 0) is 15.0 Å². The van der Waals surface area contributed by atoms with Gasteiger partial charge in [0.2, 0.25) is 5.75 Å². The van der Waals surface area contributed by atoms with Crippen molar-refractivity contribution >= 4 is 23.7 Å². The molecule has 0 fully saturated rings. The van der Waals surface area contributed by atoms with Crippen LogP contribution in [0.25, 0.3) is 0 Å². The fourth-order valence-electron chi connectivity index (χ4n) is 3.53. The van der Waals surface area contributed by atoms with Gasteiger partial charge in [-0.05, 0) is 31.0 Å². The van der Waals surface area contributed by atoms with Crippen LogP contribution in [0.2, 0.25) is 0 Å². The Hall–Kier alpha value is -3.13. The van der Waals surface area contributed by atoms with Crippen LogP contribution in [0.3, 0.4) is 0 Å². The van der Waals surface area contributed by atoms with Crippen LogP contribution in [0.4, 0.5) is 4.79 Å². The highest BCUT2D eigenvalue weighted by Gasteiger charge is 2.40. The number of nitrogens with zero attached hydrogens (tertiary/aromatic N) is 1. The number of likely N-dealkylation sites (N-methyl/N-ethyl adjacent to an activating group) is 1. The molecule has 180 valence electrons. The lowest BCUT2D eigenvalue weighted by Crippen LogP contribution is -2.51. The monoisotopic (exact) mass is 479 g/mol. The molecule has 0 aliphatic rings. The van der Waals surface area contributed by atoms with E-state index in [1.807, 2.05) is 37.3 Å². The predicted molar refractivity (Wildman–Crippen MR) is 124 cm³/mol. The van der Waals surface area contributed by atoms with Crippen molar-refractivity contribution in [2.24, 2.45) is 0 Å². The maximum atomic E-state index is 13.0. The number of esters is 1. The molecule has 2 atom stereocenters. The molecule has 0 radical (unpaired) electrons. The van der Waals surface area contributed by atoms with Gasteiger partial charge in [0, 0.05) is 7.05 Å². The first-order valence-corrected chi connectivity index (χ1v) is 10.8. The molecule has 0 aliphatic carbocycles. The molecule has 0 N–H and O–H groups in total. The quantitative estimate of drug-likeness (QED) is 0.356. The molecule has 2 aromatic carbocycles. The first-order valence-electron chi connectivity index (χ1n) is 10.3. The standard InChI is InChI=1S/C24H30ClNO7/c1-7-24(18-11-9-8-10-12-18,26(3)23(28)33-16(2)25)15-32-22(27)17-13-19(29-4)21(31-6)20(14-17)30-5/h8-14,16H,7,15H2,1-6H3. The van der Waals surface area contributed by atoms with Crippen LogP contribution in [0.5, 0.6) is 17.2 Å². The number of amides is 1. The van der Waals surface area contributed by atoms with E-state index in [4.69, 9.17) is 35.3 Å². The molecule has 0 bridgehead atoms. The van der Waals surface area contributed by atoms with Gasteiger partial charge in [0.05, 0.1) is 26.9 Å². The highest BCUT2D eigenvalue weighted by atomic mass is 35.5. The Bertz CT molecular complexity index is 926. The number of hydrogen-bond donors (Lipinski definition) is 0. The Morgan fingerprint density at radius 1 is 1.03 bits per heavy atom. The Morgan fingerprint density at radius 3 is 2.06 bits per heavy atom. The fraction of sp³-hybridized carbons (Fsp3) is 0.417. The van der Waals surface area contributed by atoms with Crippen LogP contribution in [-0.4, -0.2) is 57.5 Å². The van der Waals surface area contributed by atoms with Crippen molar-refractivity contribution in [3.63, 3.8) is 0 Å². The van der Waals surface area contributed by atoms with Gasteiger partial charge in [0.15, 0.2) is 17.1 Å². The van der Waals surface area contributed by atoms with Crippen molar-refractivity contribution < 1.29 is 33.3 Å². The molecule has 0 aliphatic heterocycles. The molecule has 1 amide bonds. The lowest BCUT2D eigenvalue weighted by atomic mass is 9.86. The maximum Gasteiger partial charge on any atom is 0.411 e. The van der Waals surface area contributed by atoms with Crippen LogP contribution in [0, 0.1) is 0 Å². The summed E-state index contributed by atoms with van der Waals surface area (Å²) in [6.45, 7) is 3.33. The topological polar surface area (TPSA) is 83.5 Å². The van der Waals surface area contributed by atoms with Crippen LogP contribution >= 0.6 is 11.6 Å². The number of ether oxygens (including phenoxy) is 5. The molecule has 9 heteroatoms. The van der Waals surface area contributed by atoms with Gasteiger partial charge >= 0.3 is 12.1 Å². The maximum absolute atomic E-state index is 13.0. The molecule has 2 rings (SSSR count). The summed E-state index contributed by atoms with van der Waals surface area (Å²) in [6.07, 6.45) is -0.186. The van der Waals surface area contributed by atoms with Crippen molar-refractivity contribution in [2.75, 3.05) is 35.0 Å². The summed E-state index contributed by atoms with van der Waals surface area (Å²) >= 11 is 5.86. The highest BCUT2D eigenvalue weighted by Crippen LogP contribution is 2.39. The number of benzene rings is 2. The second-order valence-corrected chi connectivity index (χ2v) is 7.84. The van der Waals surface area contributed by atoms with Crippen molar-refractivity contribution in [1.82, 2.24) is 4.90 Å². The van der Waals surface area contributed by atoms with Gasteiger partial charge in [-0.1, -0.05) is 48.9 Å². The smallest absolute Gasteiger partial charge is 0.411 e. The number of halogens is 1. The van der Waals surface area contributed by atoms with E-state index in [1.54, 1.807) is 14.0 Å². The zero-order valence-corrected chi connectivity index (χ0v) is 20.5. The van der Waals surface area contributed by atoms with Gasteiger partial charge < -0.3 is 23.7 Å². The summed E-state index contributed by atoms with van der Waals surface area (Å²) < 4.78 is 26.8. The van der Waals surface area contributed by atoms with Crippen LogP contribution in [0.15, 0.2) is 42.5 Å². The van der Waals surface area contributed by atoms with Crippen LogP contribution < -0.4 is 14.2 Å². The van der Waals surface area contributed by atoms with Crippen molar-refractivity contribution in [1.29, 1.82) is 0 Å². The Morgan fingerprint density at radius 2 is 1.61 bits per heavy atom. The van der Waals surface area contributed by atoms with Crippen molar-refractivity contribution in [3.8, 4) is 17.2 Å². The first-order chi connectivity index (χ1) is 15.7. The minimum atomic E-state index is -0.986. The number of rotatable bonds is 10. The zero-order valence-electron chi connectivity index (χ0n) is 19.7. The van der Waals surface area contributed by atoms with Gasteiger partial charge in [-0.25, -0.2) is 9.59 Å². The lowest BCUT2D eigenvalue weighted by molar-refractivity contribution is -0.000647. The summed E-state index contributed by atoms with van der Waals surface area (Å²) in [4.78, 5) is 27.1. The molecular weight excluding hydrogens is 450 g/mol. The summed E-state index contributed by atoms with van der Waals surface area (Å²) in [5.74, 6) is 0.396. The zero-order chi connectivity index (χ0) is 24.6. The minimum Gasteiger partial charge on any atom is -0.493 e. The molecule has 0 heterocycles. The number of methoxy groups -OCH3 is 3.